The van der Waals surface area contributed by atoms with E-state index in [1.807, 2.05) is 43.6 Å². The van der Waals surface area contributed by atoms with Crippen LogP contribution in [0.15, 0.2) is 54.9 Å². The molecule has 26 heavy (non-hydrogen) atoms. The number of para-hydroxylation sites is 2. The van der Waals surface area contributed by atoms with Gasteiger partial charge in [-0.3, -0.25) is 0 Å². The largest absolute Gasteiger partial charge is 0.338 e. The summed E-state index contributed by atoms with van der Waals surface area (Å²) >= 11 is 0. The summed E-state index contributed by atoms with van der Waals surface area (Å²) in [4.78, 5) is 18.4. The molecule has 0 aliphatic heterocycles. The van der Waals surface area contributed by atoms with Crippen LogP contribution in [0.2, 0.25) is 0 Å². The average Bonchev–Trinajstić information content (AvgIpc) is 3.06. The van der Waals surface area contributed by atoms with Gasteiger partial charge in [-0.15, -0.1) is 0 Å². The Kier molecular flexibility index (Phi) is 5.84. The number of benzene rings is 2. The minimum atomic E-state index is -0.286. The van der Waals surface area contributed by atoms with E-state index in [0.29, 0.717) is 19.6 Å². The van der Waals surface area contributed by atoms with E-state index in [1.165, 1.54) is 12.1 Å². The van der Waals surface area contributed by atoms with E-state index in [0.717, 1.165) is 29.6 Å². The third kappa shape index (κ3) is 4.39. The highest BCUT2D eigenvalue weighted by Crippen LogP contribution is 2.12. The summed E-state index contributed by atoms with van der Waals surface area (Å²) in [5, 5.41) is 2.94. The van der Waals surface area contributed by atoms with Gasteiger partial charge in [0.25, 0.3) is 0 Å². The van der Waals surface area contributed by atoms with E-state index in [9.17, 15) is 9.18 Å². The number of imidazole rings is 1. The molecule has 0 aliphatic rings. The third-order valence-electron chi connectivity index (χ3n) is 4.31. The normalized spacial score (nSPS) is 10.8. The molecule has 0 radical (unpaired) electrons. The van der Waals surface area contributed by atoms with Crippen molar-refractivity contribution in [3.05, 3.63) is 66.2 Å². The molecule has 3 rings (SSSR count). The van der Waals surface area contributed by atoms with Crippen molar-refractivity contribution in [1.82, 2.24) is 19.8 Å². The van der Waals surface area contributed by atoms with Gasteiger partial charge in [-0.1, -0.05) is 24.3 Å². The van der Waals surface area contributed by atoms with Crippen molar-refractivity contribution in [2.24, 2.45) is 0 Å². The molecule has 0 saturated carbocycles. The van der Waals surface area contributed by atoms with Gasteiger partial charge in [-0.25, -0.2) is 14.2 Å². The number of halogens is 1. The topological polar surface area (TPSA) is 50.2 Å². The van der Waals surface area contributed by atoms with E-state index in [2.05, 4.69) is 14.9 Å². The number of rotatable bonds is 7. The number of nitrogens with one attached hydrogen (secondary N) is 1. The molecule has 1 aromatic heterocycles. The second-order valence-corrected chi connectivity index (χ2v) is 6.16. The first-order valence-corrected chi connectivity index (χ1v) is 8.84. The Morgan fingerprint density at radius 2 is 2.08 bits per heavy atom. The summed E-state index contributed by atoms with van der Waals surface area (Å²) in [7, 11) is 0. The zero-order valence-corrected chi connectivity index (χ0v) is 14.9. The van der Waals surface area contributed by atoms with Crippen LogP contribution in [0.1, 0.15) is 18.9 Å². The lowest BCUT2D eigenvalue weighted by Crippen LogP contribution is -2.40. The summed E-state index contributed by atoms with van der Waals surface area (Å²) in [6, 6.07) is 14.2. The van der Waals surface area contributed by atoms with Gasteiger partial charge in [-0.05, 0) is 43.2 Å². The third-order valence-corrected chi connectivity index (χ3v) is 4.31. The summed E-state index contributed by atoms with van der Waals surface area (Å²) in [5.41, 5.74) is 2.86. The standard InChI is InChI=1S/C20H23FN4O/c1-2-24(14-16-7-5-8-17(21)13-16)20(26)22-11-6-12-25-15-23-18-9-3-4-10-19(18)25/h3-5,7-10,13,15H,2,6,11-12,14H2,1H3,(H,22,26). The van der Waals surface area contributed by atoms with Crippen LogP contribution in [0.25, 0.3) is 11.0 Å². The summed E-state index contributed by atoms with van der Waals surface area (Å²) in [6.07, 6.45) is 2.64. The molecule has 3 aromatic rings. The minimum absolute atomic E-state index is 0.132. The Labute approximate surface area is 152 Å². The average molecular weight is 354 g/mol. The molecule has 5 nitrogen and oxygen atoms in total. The molecule has 0 atom stereocenters. The van der Waals surface area contributed by atoms with Crippen molar-refractivity contribution in [2.75, 3.05) is 13.1 Å². The lowest BCUT2D eigenvalue weighted by Gasteiger charge is -2.21. The molecule has 0 bridgehead atoms. The fourth-order valence-corrected chi connectivity index (χ4v) is 2.93. The minimum Gasteiger partial charge on any atom is -0.338 e. The second-order valence-electron chi connectivity index (χ2n) is 6.16. The van der Waals surface area contributed by atoms with Gasteiger partial charge >= 0.3 is 6.03 Å². The van der Waals surface area contributed by atoms with Gasteiger partial charge in [0.05, 0.1) is 17.4 Å². The second kappa shape index (κ2) is 8.47. The zero-order chi connectivity index (χ0) is 18.4. The molecule has 6 heteroatoms. The number of nitrogens with zero attached hydrogens (tertiary/aromatic N) is 3. The molecule has 0 spiro atoms. The van der Waals surface area contributed by atoms with Crippen LogP contribution in [-0.4, -0.2) is 33.6 Å². The maximum atomic E-state index is 13.3. The van der Waals surface area contributed by atoms with Crippen molar-refractivity contribution in [2.45, 2.75) is 26.4 Å². The molecular formula is C20H23FN4O. The predicted molar refractivity (Wildman–Crippen MR) is 100 cm³/mol. The van der Waals surface area contributed by atoms with E-state index >= 15 is 0 Å². The number of aromatic nitrogens is 2. The van der Waals surface area contributed by atoms with Gasteiger partial charge in [0.1, 0.15) is 5.82 Å². The number of hydrogen-bond donors (Lipinski definition) is 1. The molecule has 0 saturated heterocycles. The Morgan fingerprint density at radius 3 is 2.88 bits per heavy atom. The van der Waals surface area contributed by atoms with Gasteiger partial charge in [-0.2, -0.15) is 0 Å². The van der Waals surface area contributed by atoms with E-state index in [4.69, 9.17) is 0 Å². The van der Waals surface area contributed by atoms with Crippen molar-refractivity contribution in [1.29, 1.82) is 0 Å². The van der Waals surface area contributed by atoms with Gasteiger partial charge in [0.15, 0.2) is 0 Å². The number of hydrogen-bond acceptors (Lipinski definition) is 2. The van der Waals surface area contributed by atoms with Crippen LogP contribution in [0.4, 0.5) is 9.18 Å². The monoisotopic (exact) mass is 354 g/mol. The van der Waals surface area contributed by atoms with Crippen LogP contribution >= 0.6 is 0 Å². The van der Waals surface area contributed by atoms with Crippen molar-refractivity contribution in [3.8, 4) is 0 Å². The molecule has 0 unspecified atom stereocenters. The van der Waals surface area contributed by atoms with Crippen LogP contribution in [0.3, 0.4) is 0 Å². The molecule has 0 aliphatic carbocycles. The Balaban J connectivity index is 1.48. The van der Waals surface area contributed by atoms with Crippen molar-refractivity contribution < 1.29 is 9.18 Å². The number of fused-ring (bicyclic) bond motifs is 1. The van der Waals surface area contributed by atoms with E-state index < -0.39 is 0 Å². The maximum Gasteiger partial charge on any atom is 0.317 e. The predicted octanol–water partition coefficient (Wildman–Crippen LogP) is 3.80. The summed E-state index contributed by atoms with van der Waals surface area (Å²) in [6.45, 7) is 4.24. The van der Waals surface area contributed by atoms with E-state index in [1.54, 1.807) is 11.0 Å². The maximum absolute atomic E-state index is 13.3. The Bertz CT molecular complexity index is 877. The van der Waals surface area contributed by atoms with Crippen molar-refractivity contribution in [3.63, 3.8) is 0 Å². The molecule has 0 fully saturated rings. The number of aryl methyl sites for hydroxylation is 1. The number of urea groups is 1. The first-order chi connectivity index (χ1) is 12.7. The smallest absolute Gasteiger partial charge is 0.317 e. The highest BCUT2D eigenvalue weighted by Gasteiger charge is 2.11. The molecule has 1 N–H and O–H groups in total. The number of amides is 2. The summed E-state index contributed by atoms with van der Waals surface area (Å²) < 4.78 is 15.4. The Hall–Kier alpha value is -2.89. The fraction of sp³-hybridized carbons (Fsp3) is 0.300. The zero-order valence-electron chi connectivity index (χ0n) is 14.9. The Morgan fingerprint density at radius 1 is 1.23 bits per heavy atom. The lowest BCUT2D eigenvalue weighted by molar-refractivity contribution is 0.198. The van der Waals surface area contributed by atoms with Crippen LogP contribution in [0.5, 0.6) is 0 Å². The highest BCUT2D eigenvalue weighted by molar-refractivity contribution is 5.75. The highest BCUT2D eigenvalue weighted by atomic mass is 19.1. The van der Waals surface area contributed by atoms with Gasteiger partial charge in [0.2, 0.25) is 0 Å². The fourth-order valence-electron chi connectivity index (χ4n) is 2.93. The van der Waals surface area contributed by atoms with Gasteiger partial charge in [0, 0.05) is 26.2 Å². The summed E-state index contributed by atoms with van der Waals surface area (Å²) in [5.74, 6) is -0.286. The lowest BCUT2D eigenvalue weighted by atomic mass is 10.2. The molecule has 2 aromatic carbocycles. The van der Waals surface area contributed by atoms with Crippen LogP contribution in [0, 0.1) is 5.82 Å². The van der Waals surface area contributed by atoms with Crippen molar-refractivity contribution >= 4 is 17.1 Å². The molecule has 136 valence electrons. The first kappa shape index (κ1) is 17.9. The molecule has 1 heterocycles. The first-order valence-electron chi connectivity index (χ1n) is 8.84. The quantitative estimate of drug-likeness (QED) is 0.656. The SMILES string of the molecule is CCN(Cc1cccc(F)c1)C(=O)NCCCn1cnc2ccccc21. The van der Waals surface area contributed by atoms with Crippen LogP contribution in [-0.2, 0) is 13.1 Å². The number of carbonyl (C=O) groups is 1. The van der Waals surface area contributed by atoms with Gasteiger partial charge < -0.3 is 14.8 Å². The van der Waals surface area contributed by atoms with E-state index in [-0.39, 0.29) is 11.8 Å². The van der Waals surface area contributed by atoms with Crippen LogP contribution < -0.4 is 5.32 Å². The number of carbonyl (C=O) groups excluding carboxylic acids is 1. The molecule has 2 amide bonds. The molecular weight excluding hydrogens is 331 g/mol.